The number of benzene rings is 1. The molecule has 0 saturated carbocycles. The van der Waals surface area contributed by atoms with Crippen LogP contribution in [0, 0.1) is 0 Å². The van der Waals surface area contributed by atoms with E-state index in [4.69, 9.17) is 4.52 Å². The third-order valence-electron chi connectivity index (χ3n) is 5.70. The third-order valence-corrected chi connectivity index (χ3v) is 7.74. The normalized spacial score (nSPS) is 14.1. The molecule has 0 aliphatic carbocycles. The monoisotopic (exact) mass is 469 g/mol. The van der Waals surface area contributed by atoms with E-state index in [2.05, 4.69) is 20.4 Å². The van der Waals surface area contributed by atoms with Gasteiger partial charge in [0.05, 0.1) is 16.3 Å². The van der Waals surface area contributed by atoms with Crippen molar-refractivity contribution in [3.8, 4) is 11.3 Å². The van der Waals surface area contributed by atoms with Gasteiger partial charge in [-0.25, -0.2) is 8.42 Å². The minimum atomic E-state index is -3.67. The average molecular weight is 470 g/mol. The molecule has 4 rings (SSSR count). The molecule has 1 aromatic carbocycles. The molecule has 33 heavy (non-hydrogen) atoms. The molecule has 1 aliphatic heterocycles. The maximum atomic E-state index is 13.1. The lowest BCUT2D eigenvalue weighted by Crippen LogP contribution is -2.31. The summed E-state index contributed by atoms with van der Waals surface area (Å²) in [5.41, 5.74) is 2.02. The Bertz CT molecular complexity index is 1220. The van der Waals surface area contributed by atoms with Crippen LogP contribution in [-0.4, -0.2) is 54.9 Å². The number of nitrogens with one attached hydrogen (secondary N) is 1. The van der Waals surface area contributed by atoms with Crippen molar-refractivity contribution in [3.63, 3.8) is 0 Å². The van der Waals surface area contributed by atoms with E-state index in [1.807, 2.05) is 6.07 Å². The van der Waals surface area contributed by atoms with Gasteiger partial charge in [0.2, 0.25) is 10.0 Å². The van der Waals surface area contributed by atoms with E-state index in [1.54, 1.807) is 50.5 Å². The number of hydrogen-bond acceptors (Lipinski definition) is 7. The van der Waals surface area contributed by atoms with Gasteiger partial charge < -0.3 is 14.7 Å². The number of nitrogens with zero attached hydrogens (tertiary/aromatic N) is 4. The molecular formula is C23H27N5O4S. The van der Waals surface area contributed by atoms with Crippen LogP contribution < -0.4 is 10.2 Å². The van der Waals surface area contributed by atoms with Crippen LogP contribution in [0.2, 0.25) is 0 Å². The van der Waals surface area contributed by atoms with Crippen molar-refractivity contribution in [3.05, 3.63) is 54.5 Å². The molecule has 1 saturated heterocycles. The van der Waals surface area contributed by atoms with Crippen molar-refractivity contribution in [1.29, 1.82) is 0 Å². The van der Waals surface area contributed by atoms with Gasteiger partial charge in [0, 0.05) is 50.2 Å². The van der Waals surface area contributed by atoms with E-state index in [-0.39, 0.29) is 10.6 Å². The number of anilines is 2. The first-order valence-corrected chi connectivity index (χ1v) is 12.5. The number of pyridine rings is 1. The molecule has 2 aromatic heterocycles. The van der Waals surface area contributed by atoms with E-state index >= 15 is 0 Å². The molecule has 1 N–H and O–H groups in total. The largest absolute Gasteiger partial charge is 0.370 e. The summed E-state index contributed by atoms with van der Waals surface area (Å²) >= 11 is 0. The van der Waals surface area contributed by atoms with E-state index in [0.717, 1.165) is 31.6 Å². The Labute approximate surface area is 193 Å². The Balaban J connectivity index is 1.66. The minimum absolute atomic E-state index is 0.0956. The first kappa shape index (κ1) is 22.9. The smallest absolute Gasteiger partial charge is 0.277 e. The van der Waals surface area contributed by atoms with Crippen LogP contribution in [0.1, 0.15) is 37.2 Å². The van der Waals surface area contributed by atoms with E-state index < -0.39 is 15.9 Å². The number of hydrogen-bond donors (Lipinski definition) is 1. The van der Waals surface area contributed by atoms with Crippen LogP contribution in [-0.2, 0) is 10.0 Å². The van der Waals surface area contributed by atoms with Gasteiger partial charge in [-0.3, -0.25) is 9.78 Å². The Kier molecular flexibility index (Phi) is 6.75. The van der Waals surface area contributed by atoms with Gasteiger partial charge in [-0.15, -0.1) is 0 Å². The molecule has 1 aliphatic rings. The van der Waals surface area contributed by atoms with Crippen molar-refractivity contribution in [2.24, 2.45) is 0 Å². The number of carbonyl (C=O) groups excluding carboxylic acids is 1. The molecule has 9 nitrogen and oxygen atoms in total. The molecular weight excluding hydrogens is 442 g/mol. The summed E-state index contributed by atoms with van der Waals surface area (Å²) in [4.78, 5) is 19.3. The maximum Gasteiger partial charge on any atom is 0.277 e. The molecule has 0 unspecified atom stereocenters. The number of sulfonamides is 1. The third kappa shape index (κ3) is 4.76. The average Bonchev–Trinajstić information content (AvgIpc) is 3.53. The molecule has 3 heterocycles. The van der Waals surface area contributed by atoms with Crippen molar-refractivity contribution >= 4 is 27.3 Å². The Hall–Kier alpha value is -3.24. The van der Waals surface area contributed by atoms with Crippen molar-refractivity contribution in [2.45, 2.75) is 31.6 Å². The van der Waals surface area contributed by atoms with Crippen LogP contribution in [0.3, 0.4) is 0 Å². The lowest BCUT2D eigenvalue weighted by Gasteiger charge is -2.24. The molecule has 0 bridgehead atoms. The molecule has 174 valence electrons. The summed E-state index contributed by atoms with van der Waals surface area (Å²) in [5, 5.41) is 6.74. The van der Waals surface area contributed by atoms with Gasteiger partial charge in [-0.2, -0.15) is 4.31 Å². The predicted molar refractivity (Wildman–Crippen MR) is 126 cm³/mol. The minimum Gasteiger partial charge on any atom is -0.370 e. The van der Waals surface area contributed by atoms with Gasteiger partial charge in [-0.1, -0.05) is 19.0 Å². The molecule has 3 aromatic rings. The van der Waals surface area contributed by atoms with E-state index in [0.29, 0.717) is 30.1 Å². The van der Waals surface area contributed by atoms with Crippen LogP contribution in [0.15, 0.2) is 58.2 Å². The SMILES string of the molecule is CCN(CC)S(=O)(=O)c1ccc(N2CCCC2)c(NC(=O)c2cc(-c3cccnc3)on2)c1. The molecule has 1 amide bonds. The van der Waals surface area contributed by atoms with Crippen LogP contribution >= 0.6 is 0 Å². The van der Waals surface area contributed by atoms with Crippen LogP contribution in [0.25, 0.3) is 11.3 Å². The fourth-order valence-corrected chi connectivity index (χ4v) is 5.42. The zero-order chi connectivity index (χ0) is 23.4. The second-order valence-electron chi connectivity index (χ2n) is 7.73. The van der Waals surface area contributed by atoms with E-state index in [1.165, 1.54) is 10.4 Å². The molecule has 0 spiro atoms. The van der Waals surface area contributed by atoms with Gasteiger partial charge in [-0.05, 0) is 43.2 Å². The Morgan fingerprint density at radius 1 is 1.15 bits per heavy atom. The van der Waals surface area contributed by atoms with Crippen LogP contribution in [0.4, 0.5) is 11.4 Å². The van der Waals surface area contributed by atoms with Gasteiger partial charge >= 0.3 is 0 Å². The maximum absolute atomic E-state index is 13.1. The van der Waals surface area contributed by atoms with Crippen LogP contribution in [0.5, 0.6) is 0 Å². The zero-order valence-corrected chi connectivity index (χ0v) is 19.5. The van der Waals surface area contributed by atoms with Crippen molar-refractivity contribution in [2.75, 3.05) is 36.4 Å². The summed E-state index contributed by atoms with van der Waals surface area (Å²) in [5.74, 6) is -0.0578. The van der Waals surface area contributed by atoms with Gasteiger partial charge in [0.25, 0.3) is 5.91 Å². The predicted octanol–water partition coefficient (Wildman–Crippen LogP) is 3.62. The lowest BCUT2D eigenvalue weighted by atomic mass is 10.2. The molecule has 10 heteroatoms. The second kappa shape index (κ2) is 9.72. The topological polar surface area (TPSA) is 109 Å². The first-order valence-electron chi connectivity index (χ1n) is 11.0. The summed E-state index contributed by atoms with van der Waals surface area (Å²) in [6, 6.07) is 10.0. The molecule has 0 atom stereocenters. The highest BCUT2D eigenvalue weighted by atomic mass is 32.2. The Morgan fingerprint density at radius 2 is 1.91 bits per heavy atom. The highest BCUT2D eigenvalue weighted by Crippen LogP contribution is 2.33. The standard InChI is InChI=1S/C23H27N5O4S/c1-3-28(4-2)33(30,31)18-9-10-21(27-12-5-6-13-27)19(14-18)25-23(29)20-15-22(32-26-20)17-8-7-11-24-16-17/h7-11,14-16H,3-6,12-13H2,1-2H3,(H,25,29). The summed E-state index contributed by atoms with van der Waals surface area (Å²) < 4.78 is 32.8. The highest BCUT2D eigenvalue weighted by Gasteiger charge is 2.25. The fraction of sp³-hybridized carbons (Fsp3) is 0.348. The molecule has 0 radical (unpaired) electrons. The van der Waals surface area contributed by atoms with E-state index in [9.17, 15) is 13.2 Å². The molecule has 1 fully saturated rings. The lowest BCUT2D eigenvalue weighted by molar-refractivity contribution is 0.101. The summed E-state index contributed by atoms with van der Waals surface area (Å²) in [7, 11) is -3.67. The zero-order valence-electron chi connectivity index (χ0n) is 18.7. The number of aromatic nitrogens is 2. The van der Waals surface area contributed by atoms with Crippen molar-refractivity contribution in [1.82, 2.24) is 14.4 Å². The highest BCUT2D eigenvalue weighted by molar-refractivity contribution is 7.89. The number of carbonyl (C=O) groups is 1. The van der Waals surface area contributed by atoms with Gasteiger partial charge in [0.15, 0.2) is 11.5 Å². The Morgan fingerprint density at radius 3 is 2.58 bits per heavy atom. The number of amides is 1. The first-order chi connectivity index (χ1) is 15.9. The van der Waals surface area contributed by atoms with Gasteiger partial charge in [0.1, 0.15) is 0 Å². The van der Waals surface area contributed by atoms with Crippen molar-refractivity contribution < 1.29 is 17.7 Å². The quantitative estimate of drug-likeness (QED) is 0.537. The fourth-order valence-electron chi connectivity index (χ4n) is 3.94. The summed E-state index contributed by atoms with van der Waals surface area (Å²) in [6.07, 6.45) is 5.36. The second-order valence-corrected chi connectivity index (χ2v) is 9.67. The number of rotatable bonds is 8. The summed E-state index contributed by atoms with van der Waals surface area (Å²) in [6.45, 7) is 6.02.